The summed E-state index contributed by atoms with van der Waals surface area (Å²) >= 11 is 0. The molecule has 0 aliphatic heterocycles. The maximum atomic E-state index is 12.2. The average Bonchev–Trinajstić information content (AvgIpc) is 2.97. The van der Waals surface area contributed by atoms with Crippen molar-refractivity contribution in [3.8, 4) is 11.8 Å². The topological polar surface area (TPSA) is 95.1 Å². The highest BCUT2D eigenvalue weighted by atomic mass is 32.2. The van der Waals surface area contributed by atoms with Crippen molar-refractivity contribution in [3.63, 3.8) is 0 Å². The van der Waals surface area contributed by atoms with Gasteiger partial charge in [0.1, 0.15) is 6.61 Å². The molecule has 1 heterocycles. The lowest BCUT2D eigenvalue weighted by Gasteiger charge is -2.07. The molecule has 0 bridgehead atoms. The lowest BCUT2D eigenvalue weighted by molar-refractivity contribution is 0.350. The number of nitrogens with one attached hydrogen (secondary N) is 2. The van der Waals surface area contributed by atoms with E-state index in [4.69, 9.17) is 5.11 Å². The number of H-pyrrole nitrogens is 1. The summed E-state index contributed by atoms with van der Waals surface area (Å²) in [7, 11) is -3.67. The third kappa shape index (κ3) is 3.45. The van der Waals surface area contributed by atoms with E-state index in [-0.39, 0.29) is 18.0 Å². The second-order valence-electron chi connectivity index (χ2n) is 3.89. The van der Waals surface area contributed by atoms with E-state index in [0.717, 1.165) is 5.56 Å². The molecule has 0 spiro atoms. The van der Waals surface area contributed by atoms with Gasteiger partial charge < -0.3 is 5.11 Å². The minimum Gasteiger partial charge on any atom is -0.384 e. The highest BCUT2D eigenvalue weighted by Crippen LogP contribution is 2.14. The van der Waals surface area contributed by atoms with Gasteiger partial charge in [0, 0.05) is 23.9 Å². The molecule has 1 aromatic heterocycles. The van der Waals surface area contributed by atoms with Crippen molar-refractivity contribution in [3.05, 3.63) is 47.8 Å². The van der Waals surface area contributed by atoms with Crippen LogP contribution in [0, 0.1) is 11.8 Å². The van der Waals surface area contributed by atoms with Crippen molar-refractivity contribution in [1.29, 1.82) is 0 Å². The van der Waals surface area contributed by atoms with Crippen molar-refractivity contribution in [2.45, 2.75) is 11.4 Å². The number of hydrogen-bond donors (Lipinski definition) is 3. The Hall–Kier alpha value is -2.14. The fourth-order valence-corrected chi connectivity index (χ4v) is 2.75. The van der Waals surface area contributed by atoms with Crippen molar-refractivity contribution < 1.29 is 13.5 Å². The predicted octanol–water partition coefficient (Wildman–Crippen LogP) is 0.232. The number of aromatic amines is 1. The van der Waals surface area contributed by atoms with Gasteiger partial charge in [0.05, 0.1) is 11.1 Å². The number of nitrogens with zero attached hydrogens (tertiary/aromatic N) is 1. The first-order valence-corrected chi connectivity index (χ1v) is 7.28. The first-order chi connectivity index (χ1) is 9.63. The second-order valence-corrected chi connectivity index (χ2v) is 5.62. The van der Waals surface area contributed by atoms with E-state index in [1.807, 2.05) is 0 Å². The molecule has 0 radical (unpaired) electrons. The molecule has 6 nitrogen and oxygen atoms in total. The number of aliphatic hydroxyl groups is 1. The van der Waals surface area contributed by atoms with E-state index >= 15 is 0 Å². The highest BCUT2D eigenvalue weighted by molar-refractivity contribution is 7.89. The van der Waals surface area contributed by atoms with Gasteiger partial charge in [0.2, 0.25) is 10.0 Å². The third-order valence-electron chi connectivity index (χ3n) is 2.50. The molecule has 0 fully saturated rings. The summed E-state index contributed by atoms with van der Waals surface area (Å²) in [6, 6.07) is 6.38. The molecule has 0 saturated heterocycles. The standard InChI is InChI=1S/C13H13N3O3S/c17-7-3-5-12-4-1-2-6-13(12)20(18,19)16-10-11-8-14-15-9-11/h1-2,4,6,8-9,16-17H,7,10H2,(H,14,15). The number of hydrogen-bond acceptors (Lipinski definition) is 4. The molecule has 0 saturated carbocycles. The van der Waals surface area contributed by atoms with Crippen LogP contribution in [0.2, 0.25) is 0 Å². The van der Waals surface area contributed by atoms with Gasteiger partial charge in [-0.15, -0.1) is 0 Å². The van der Waals surface area contributed by atoms with Crippen molar-refractivity contribution >= 4 is 10.0 Å². The van der Waals surface area contributed by atoms with E-state index in [2.05, 4.69) is 26.8 Å². The largest absolute Gasteiger partial charge is 0.384 e. The quantitative estimate of drug-likeness (QED) is 0.703. The maximum absolute atomic E-state index is 12.2. The average molecular weight is 291 g/mol. The summed E-state index contributed by atoms with van der Waals surface area (Å²) in [6.07, 6.45) is 3.15. The zero-order valence-electron chi connectivity index (χ0n) is 10.5. The zero-order valence-corrected chi connectivity index (χ0v) is 11.3. The van der Waals surface area contributed by atoms with Crippen LogP contribution >= 0.6 is 0 Å². The maximum Gasteiger partial charge on any atom is 0.242 e. The normalized spacial score (nSPS) is 10.8. The van der Waals surface area contributed by atoms with E-state index in [9.17, 15) is 8.42 Å². The summed E-state index contributed by atoms with van der Waals surface area (Å²) < 4.78 is 27.0. The molecule has 1 aromatic carbocycles. The Morgan fingerprint density at radius 1 is 1.35 bits per heavy atom. The molecule has 3 N–H and O–H groups in total. The zero-order chi connectivity index (χ0) is 14.4. The van der Waals surface area contributed by atoms with Crippen LogP contribution in [0.15, 0.2) is 41.6 Å². The molecule has 0 amide bonds. The monoisotopic (exact) mass is 291 g/mol. The first kappa shape index (κ1) is 14.3. The summed E-state index contributed by atoms with van der Waals surface area (Å²) in [5, 5.41) is 15.1. The molecule has 104 valence electrons. The van der Waals surface area contributed by atoms with Gasteiger partial charge in [-0.25, -0.2) is 13.1 Å². The summed E-state index contributed by atoms with van der Waals surface area (Å²) in [5.74, 6) is 5.07. The Kier molecular flexibility index (Phi) is 4.53. The fraction of sp³-hybridized carbons (Fsp3) is 0.154. The number of aliphatic hydroxyl groups excluding tert-OH is 1. The van der Waals surface area contributed by atoms with Gasteiger partial charge in [0.25, 0.3) is 0 Å². The Labute approximate surface area is 116 Å². The number of rotatable bonds is 4. The molecule has 7 heteroatoms. The van der Waals surface area contributed by atoms with Crippen LogP contribution < -0.4 is 4.72 Å². The fourth-order valence-electron chi connectivity index (χ4n) is 1.57. The van der Waals surface area contributed by atoms with Gasteiger partial charge in [0.15, 0.2) is 0 Å². The number of aromatic nitrogens is 2. The molecule has 20 heavy (non-hydrogen) atoms. The lowest BCUT2D eigenvalue weighted by atomic mass is 10.2. The van der Waals surface area contributed by atoms with Crippen LogP contribution in [0.4, 0.5) is 0 Å². The van der Waals surface area contributed by atoms with Crippen molar-refractivity contribution in [2.24, 2.45) is 0 Å². The SMILES string of the molecule is O=S(=O)(NCc1cn[nH]c1)c1ccccc1C#CCO. The summed E-state index contributed by atoms with van der Waals surface area (Å²) in [6.45, 7) is -0.183. The van der Waals surface area contributed by atoms with Crippen LogP contribution in [0.25, 0.3) is 0 Å². The molecule has 0 atom stereocenters. The predicted molar refractivity (Wildman–Crippen MR) is 73.0 cm³/mol. The molecule has 0 aliphatic rings. The van der Waals surface area contributed by atoms with Crippen molar-refractivity contribution in [2.75, 3.05) is 6.61 Å². The van der Waals surface area contributed by atoms with Crippen LogP contribution in [0.3, 0.4) is 0 Å². The number of sulfonamides is 1. The lowest BCUT2D eigenvalue weighted by Crippen LogP contribution is -2.23. The Morgan fingerprint density at radius 2 is 2.15 bits per heavy atom. The van der Waals surface area contributed by atoms with E-state index in [0.29, 0.717) is 5.56 Å². The third-order valence-corrected chi connectivity index (χ3v) is 3.96. The van der Waals surface area contributed by atoms with E-state index in [1.165, 1.54) is 6.07 Å². The van der Waals surface area contributed by atoms with Gasteiger partial charge in [-0.1, -0.05) is 24.0 Å². The molecular formula is C13H13N3O3S. The Morgan fingerprint density at radius 3 is 2.85 bits per heavy atom. The minimum atomic E-state index is -3.67. The molecule has 2 aromatic rings. The smallest absolute Gasteiger partial charge is 0.242 e. The van der Waals surface area contributed by atoms with Crippen molar-refractivity contribution in [1.82, 2.24) is 14.9 Å². The van der Waals surface area contributed by atoms with E-state index in [1.54, 1.807) is 30.6 Å². The second kappa shape index (κ2) is 6.34. The molecule has 0 unspecified atom stereocenters. The van der Waals surface area contributed by atoms with Gasteiger partial charge in [-0.3, -0.25) is 5.10 Å². The summed E-state index contributed by atoms with van der Waals surface area (Å²) in [5.41, 5.74) is 1.08. The van der Waals surface area contributed by atoms with Crippen LogP contribution in [-0.4, -0.2) is 30.3 Å². The molecular weight excluding hydrogens is 278 g/mol. The number of benzene rings is 1. The molecule has 2 rings (SSSR count). The molecule has 0 aliphatic carbocycles. The van der Waals surface area contributed by atoms with E-state index < -0.39 is 10.0 Å². The van der Waals surface area contributed by atoms with Crippen LogP contribution in [0.5, 0.6) is 0 Å². The summed E-state index contributed by atoms with van der Waals surface area (Å²) in [4.78, 5) is 0.0874. The van der Waals surface area contributed by atoms with Gasteiger partial charge in [-0.05, 0) is 12.1 Å². The Bertz CT molecular complexity index is 728. The highest BCUT2D eigenvalue weighted by Gasteiger charge is 2.17. The van der Waals surface area contributed by atoms with Gasteiger partial charge >= 0.3 is 0 Å². The van der Waals surface area contributed by atoms with Gasteiger partial charge in [-0.2, -0.15) is 5.10 Å². The van der Waals surface area contributed by atoms with Crippen LogP contribution in [0.1, 0.15) is 11.1 Å². The van der Waals surface area contributed by atoms with Crippen LogP contribution in [-0.2, 0) is 16.6 Å². The first-order valence-electron chi connectivity index (χ1n) is 5.79. The Balaban J connectivity index is 2.25. The minimum absolute atomic E-state index is 0.0874.